The van der Waals surface area contributed by atoms with Crippen molar-refractivity contribution in [3.8, 4) is 0 Å². The van der Waals surface area contributed by atoms with Gasteiger partial charge in [-0.1, -0.05) is 27.7 Å². The summed E-state index contributed by atoms with van der Waals surface area (Å²) >= 11 is 0. The van der Waals surface area contributed by atoms with E-state index in [2.05, 4.69) is 0 Å². The van der Waals surface area contributed by atoms with Crippen LogP contribution in [0.1, 0.15) is 61.3 Å². The van der Waals surface area contributed by atoms with E-state index in [1.807, 2.05) is 27.7 Å². The van der Waals surface area contributed by atoms with Crippen LogP contribution in [0.5, 0.6) is 0 Å². The van der Waals surface area contributed by atoms with Gasteiger partial charge in [0, 0.05) is 6.42 Å². The van der Waals surface area contributed by atoms with Crippen molar-refractivity contribution in [2.45, 2.75) is 66.9 Å². The Bertz CT molecular complexity index is 222. The molecule has 19 heavy (non-hydrogen) atoms. The van der Waals surface area contributed by atoms with Crippen molar-refractivity contribution in [1.82, 2.24) is 0 Å². The molecule has 0 aliphatic rings. The maximum atomic E-state index is 11.2. The van der Waals surface area contributed by atoms with E-state index in [9.17, 15) is 9.59 Å². The van der Waals surface area contributed by atoms with Crippen LogP contribution in [0.25, 0.3) is 0 Å². The number of esters is 2. The zero-order valence-electron chi connectivity index (χ0n) is 13.5. The molecule has 5 nitrogen and oxygen atoms in total. The summed E-state index contributed by atoms with van der Waals surface area (Å²) in [6, 6.07) is 0. The Balaban J connectivity index is -0.000000579. The fourth-order valence-corrected chi connectivity index (χ4v) is 0.854. The summed E-state index contributed by atoms with van der Waals surface area (Å²) in [6.07, 6.45) is 0.704. The van der Waals surface area contributed by atoms with Crippen LogP contribution in [0.3, 0.4) is 0 Å². The SMILES string of the molecule is CC.CC.CC(C)(C)OC(=O)CCCOC(=O)CN. The molecule has 0 amide bonds. The second-order valence-electron chi connectivity index (χ2n) is 4.11. The lowest BCUT2D eigenvalue weighted by Crippen LogP contribution is -2.24. The minimum Gasteiger partial charge on any atom is -0.465 e. The topological polar surface area (TPSA) is 78.6 Å². The van der Waals surface area contributed by atoms with Crippen LogP contribution < -0.4 is 5.73 Å². The van der Waals surface area contributed by atoms with E-state index in [-0.39, 0.29) is 25.5 Å². The molecule has 0 radical (unpaired) electrons. The molecule has 116 valence electrons. The highest BCUT2D eigenvalue weighted by molar-refractivity contribution is 5.71. The minimum atomic E-state index is -0.467. The van der Waals surface area contributed by atoms with Gasteiger partial charge in [-0.15, -0.1) is 0 Å². The summed E-state index contributed by atoms with van der Waals surface area (Å²) < 4.78 is 9.77. The number of carbonyl (C=O) groups excluding carboxylic acids is 2. The molecule has 0 aliphatic heterocycles. The highest BCUT2D eigenvalue weighted by atomic mass is 16.6. The first-order valence-corrected chi connectivity index (χ1v) is 6.92. The van der Waals surface area contributed by atoms with Crippen molar-refractivity contribution < 1.29 is 19.1 Å². The van der Waals surface area contributed by atoms with E-state index in [1.165, 1.54) is 0 Å². The van der Waals surface area contributed by atoms with Gasteiger partial charge in [0.25, 0.3) is 0 Å². The highest BCUT2D eigenvalue weighted by Gasteiger charge is 2.15. The molecule has 0 bridgehead atoms. The fraction of sp³-hybridized carbons (Fsp3) is 0.857. The van der Waals surface area contributed by atoms with Gasteiger partial charge >= 0.3 is 11.9 Å². The Kier molecular flexibility index (Phi) is 18.1. The monoisotopic (exact) mass is 277 g/mol. The molecule has 0 rings (SSSR count). The molecule has 0 saturated carbocycles. The van der Waals surface area contributed by atoms with Crippen molar-refractivity contribution in [3.05, 3.63) is 0 Å². The number of hydrogen-bond donors (Lipinski definition) is 1. The molecule has 0 unspecified atom stereocenters. The van der Waals surface area contributed by atoms with Crippen LogP contribution in [-0.4, -0.2) is 30.7 Å². The van der Waals surface area contributed by atoms with E-state index >= 15 is 0 Å². The van der Waals surface area contributed by atoms with Gasteiger partial charge < -0.3 is 15.2 Å². The number of carbonyl (C=O) groups is 2. The Morgan fingerprint density at radius 2 is 1.47 bits per heavy atom. The Labute approximate surface area is 117 Å². The maximum absolute atomic E-state index is 11.2. The van der Waals surface area contributed by atoms with Crippen molar-refractivity contribution in [2.75, 3.05) is 13.2 Å². The van der Waals surface area contributed by atoms with Crippen LogP contribution in [0, 0.1) is 0 Å². The maximum Gasteiger partial charge on any atom is 0.319 e. The summed E-state index contributed by atoms with van der Waals surface area (Å²) in [5, 5.41) is 0. The average molecular weight is 277 g/mol. The van der Waals surface area contributed by atoms with E-state index < -0.39 is 11.6 Å². The molecule has 5 heteroatoms. The Morgan fingerprint density at radius 1 is 1.00 bits per heavy atom. The normalized spacial score (nSPS) is 9.26. The zero-order chi connectivity index (χ0) is 15.9. The number of hydrogen-bond acceptors (Lipinski definition) is 5. The molecule has 0 fully saturated rings. The smallest absolute Gasteiger partial charge is 0.319 e. The van der Waals surface area contributed by atoms with Gasteiger partial charge in [0.1, 0.15) is 5.60 Å². The third-order valence-electron chi connectivity index (χ3n) is 1.37. The van der Waals surface area contributed by atoms with Crippen molar-refractivity contribution in [3.63, 3.8) is 0 Å². The molecule has 0 aromatic rings. The quantitative estimate of drug-likeness (QED) is 0.617. The van der Waals surface area contributed by atoms with E-state index in [0.717, 1.165) is 0 Å². The van der Waals surface area contributed by atoms with E-state index in [0.29, 0.717) is 6.42 Å². The summed E-state index contributed by atoms with van der Waals surface area (Å²) in [6.45, 7) is 13.5. The van der Waals surface area contributed by atoms with Crippen LogP contribution in [0.15, 0.2) is 0 Å². The average Bonchev–Trinajstić information content (AvgIpc) is 2.37. The third kappa shape index (κ3) is 22.5. The first-order valence-electron chi connectivity index (χ1n) is 6.92. The number of rotatable bonds is 5. The molecule has 0 spiro atoms. The summed E-state index contributed by atoms with van der Waals surface area (Å²) in [5.41, 5.74) is 4.56. The molecular weight excluding hydrogens is 246 g/mol. The molecule has 0 saturated heterocycles. The Hall–Kier alpha value is -1.10. The van der Waals surface area contributed by atoms with E-state index in [1.54, 1.807) is 20.8 Å². The largest absolute Gasteiger partial charge is 0.465 e. The molecule has 2 N–H and O–H groups in total. The molecular formula is C14H31NO4. The zero-order valence-corrected chi connectivity index (χ0v) is 13.5. The fourth-order valence-electron chi connectivity index (χ4n) is 0.854. The van der Waals surface area contributed by atoms with Gasteiger partial charge in [-0.05, 0) is 27.2 Å². The summed E-state index contributed by atoms with van der Waals surface area (Å²) in [4.78, 5) is 21.8. The van der Waals surface area contributed by atoms with Crippen LogP contribution in [0.4, 0.5) is 0 Å². The number of nitrogens with two attached hydrogens (primary N) is 1. The van der Waals surface area contributed by atoms with E-state index in [4.69, 9.17) is 15.2 Å². The lowest BCUT2D eigenvalue weighted by atomic mass is 10.2. The van der Waals surface area contributed by atoms with Gasteiger partial charge in [-0.3, -0.25) is 9.59 Å². The predicted octanol–water partition coefficient (Wildman–Crippen LogP) is 2.66. The minimum absolute atomic E-state index is 0.133. The van der Waals surface area contributed by atoms with Crippen molar-refractivity contribution in [1.29, 1.82) is 0 Å². The molecule has 0 aromatic carbocycles. The van der Waals surface area contributed by atoms with Gasteiger partial charge in [-0.25, -0.2) is 0 Å². The van der Waals surface area contributed by atoms with Gasteiger partial charge in [0.05, 0.1) is 13.2 Å². The first-order chi connectivity index (χ1) is 8.85. The second-order valence-corrected chi connectivity index (χ2v) is 4.11. The molecule has 0 aromatic heterocycles. The Morgan fingerprint density at radius 3 is 1.84 bits per heavy atom. The van der Waals surface area contributed by atoms with Crippen molar-refractivity contribution in [2.24, 2.45) is 5.73 Å². The van der Waals surface area contributed by atoms with Crippen LogP contribution >= 0.6 is 0 Å². The van der Waals surface area contributed by atoms with Gasteiger partial charge in [-0.2, -0.15) is 0 Å². The summed E-state index contributed by atoms with van der Waals surface area (Å²) in [5.74, 6) is -0.745. The highest BCUT2D eigenvalue weighted by Crippen LogP contribution is 2.08. The third-order valence-corrected chi connectivity index (χ3v) is 1.37. The molecule has 0 aliphatic carbocycles. The first kappa shape index (κ1) is 23.0. The van der Waals surface area contributed by atoms with Gasteiger partial charge in [0.2, 0.25) is 0 Å². The summed E-state index contributed by atoms with van der Waals surface area (Å²) in [7, 11) is 0. The van der Waals surface area contributed by atoms with Crippen LogP contribution in [-0.2, 0) is 19.1 Å². The number of ether oxygens (including phenoxy) is 2. The second kappa shape index (κ2) is 15.0. The lowest BCUT2D eigenvalue weighted by molar-refractivity contribution is -0.156. The standard InChI is InChI=1S/C10H19NO4.2C2H6/c1-10(2,3)15-8(12)5-4-6-14-9(13)7-11;2*1-2/h4-7,11H2,1-3H3;2*1-2H3. The predicted molar refractivity (Wildman–Crippen MR) is 77.8 cm³/mol. The van der Waals surface area contributed by atoms with Crippen LogP contribution in [0.2, 0.25) is 0 Å². The molecule has 0 heterocycles. The van der Waals surface area contributed by atoms with Gasteiger partial charge in [0.15, 0.2) is 0 Å². The van der Waals surface area contributed by atoms with Crippen molar-refractivity contribution >= 4 is 11.9 Å². The molecule has 0 atom stereocenters. The lowest BCUT2D eigenvalue weighted by Gasteiger charge is -2.19.